The van der Waals surface area contributed by atoms with Gasteiger partial charge in [-0.1, -0.05) is 28.9 Å². The maximum absolute atomic E-state index is 11.9. The first-order chi connectivity index (χ1) is 11.3. The Balaban J connectivity index is 1.99. The molecule has 0 aliphatic rings. The van der Waals surface area contributed by atoms with E-state index in [4.69, 9.17) is 11.6 Å². The van der Waals surface area contributed by atoms with E-state index < -0.39 is 24.6 Å². The smallest absolute Gasteiger partial charge is 0.440 e. The molecule has 0 radical (unpaired) electrons. The van der Waals surface area contributed by atoms with Gasteiger partial charge in [-0.2, -0.15) is 13.2 Å². The number of carbonyl (C=O) groups excluding carboxylic acids is 1. The molecule has 0 fully saturated rings. The SMILES string of the molecule is O=C(NCCn1c(-c2ccccc2Cl)noc1=O)OCC(F)(F)F. The van der Waals surface area contributed by atoms with Gasteiger partial charge in [-0.15, -0.1) is 0 Å². The highest BCUT2D eigenvalue weighted by Crippen LogP contribution is 2.25. The van der Waals surface area contributed by atoms with Crippen molar-refractivity contribution in [2.45, 2.75) is 12.7 Å². The van der Waals surface area contributed by atoms with Crippen LogP contribution in [0.3, 0.4) is 0 Å². The molecule has 1 heterocycles. The second-order valence-corrected chi connectivity index (χ2v) is 4.93. The molecule has 1 aromatic heterocycles. The Morgan fingerprint density at radius 1 is 1.38 bits per heavy atom. The number of halogens is 4. The number of ether oxygens (including phenoxy) is 1. The zero-order chi connectivity index (χ0) is 17.7. The molecule has 0 unspecified atom stereocenters. The molecule has 2 aromatic rings. The summed E-state index contributed by atoms with van der Waals surface area (Å²) in [6, 6.07) is 6.57. The third-order valence-electron chi connectivity index (χ3n) is 2.77. The van der Waals surface area contributed by atoms with E-state index in [1.807, 2.05) is 0 Å². The van der Waals surface area contributed by atoms with Crippen molar-refractivity contribution in [3.63, 3.8) is 0 Å². The van der Waals surface area contributed by atoms with Crippen LogP contribution in [0.1, 0.15) is 0 Å². The van der Waals surface area contributed by atoms with Crippen LogP contribution in [-0.2, 0) is 11.3 Å². The van der Waals surface area contributed by atoms with Crippen LogP contribution in [0, 0.1) is 0 Å². The maximum atomic E-state index is 11.9. The van der Waals surface area contributed by atoms with Crippen LogP contribution in [-0.4, -0.2) is 35.1 Å². The summed E-state index contributed by atoms with van der Waals surface area (Å²) in [5.74, 6) is -0.661. The molecule has 7 nitrogen and oxygen atoms in total. The Hall–Kier alpha value is -2.49. The van der Waals surface area contributed by atoms with Crippen molar-refractivity contribution in [1.82, 2.24) is 15.0 Å². The Morgan fingerprint density at radius 2 is 2.08 bits per heavy atom. The maximum Gasteiger partial charge on any atom is 0.441 e. The number of nitrogens with one attached hydrogen (secondary N) is 1. The van der Waals surface area contributed by atoms with E-state index in [9.17, 15) is 22.8 Å². The van der Waals surface area contributed by atoms with Gasteiger partial charge in [0.2, 0.25) is 0 Å². The van der Waals surface area contributed by atoms with E-state index in [1.165, 1.54) is 0 Å². The molecule has 1 aromatic carbocycles. The monoisotopic (exact) mass is 365 g/mol. The second kappa shape index (κ2) is 7.39. The molecule has 24 heavy (non-hydrogen) atoms. The number of alkyl carbamates (subject to hydrolysis) is 1. The van der Waals surface area contributed by atoms with Crippen LogP contribution in [0.15, 0.2) is 33.6 Å². The molecule has 2 rings (SSSR count). The number of carbonyl (C=O) groups is 1. The summed E-state index contributed by atoms with van der Waals surface area (Å²) >= 11 is 6.02. The van der Waals surface area contributed by atoms with Crippen LogP contribution < -0.4 is 11.1 Å². The molecular weight excluding hydrogens is 355 g/mol. The van der Waals surface area contributed by atoms with Crippen LogP contribution >= 0.6 is 11.6 Å². The van der Waals surface area contributed by atoms with Crippen molar-refractivity contribution < 1.29 is 27.2 Å². The second-order valence-electron chi connectivity index (χ2n) is 4.52. The minimum Gasteiger partial charge on any atom is -0.440 e. The number of alkyl halides is 3. The van der Waals surface area contributed by atoms with Gasteiger partial charge in [0.25, 0.3) is 0 Å². The van der Waals surface area contributed by atoms with Gasteiger partial charge in [0.1, 0.15) is 0 Å². The minimum absolute atomic E-state index is 0.0932. The van der Waals surface area contributed by atoms with Crippen molar-refractivity contribution in [2.75, 3.05) is 13.2 Å². The molecule has 0 spiro atoms. The van der Waals surface area contributed by atoms with Crippen molar-refractivity contribution >= 4 is 17.7 Å². The Bertz CT molecular complexity index is 772. The fourth-order valence-corrected chi connectivity index (χ4v) is 1.99. The highest BCUT2D eigenvalue weighted by atomic mass is 35.5. The zero-order valence-corrected chi connectivity index (χ0v) is 12.7. The number of hydrogen-bond acceptors (Lipinski definition) is 5. The van der Waals surface area contributed by atoms with E-state index in [1.54, 1.807) is 24.3 Å². The summed E-state index contributed by atoms with van der Waals surface area (Å²) in [6.45, 7) is -1.96. The molecule has 0 aliphatic carbocycles. The summed E-state index contributed by atoms with van der Waals surface area (Å²) in [6.07, 6.45) is -5.86. The van der Waals surface area contributed by atoms with Gasteiger partial charge in [0, 0.05) is 18.7 Å². The highest BCUT2D eigenvalue weighted by molar-refractivity contribution is 6.33. The van der Waals surface area contributed by atoms with Gasteiger partial charge >= 0.3 is 18.0 Å². The van der Waals surface area contributed by atoms with Gasteiger partial charge < -0.3 is 10.1 Å². The molecular formula is C13H11ClF3N3O4. The predicted molar refractivity (Wildman–Crippen MR) is 76.6 cm³/mol. The average Bonchev–Trinajstić information content (AvgIpc) is 2.86. The van der Waals surface area contributed by atoms with Crippen molar-refractivity contribution in [1.29, 1.82) is 0 Å². The van der Waals surface area contributed by atoms with Crippen molar-refractivity contribution in [2.24, 2.45) is 0 Å². The lowest BCUT2D eigenvalue weighted by atomic mass is 10.2. The molecule has 0 bridgehead atoms. The summed E-state index contributed by atoms with van der Waals surface area (Å²) in [4.78, 5) is 22.8. The van der Waals surface area contributed by atoms with Crippen LogP contribution in [0.25, 0.3) is 11.4 Å². The fraction of sp³-hybridized carbons (Fsp3) is 0.308. The Kier molecular flexibility index (Phi) is 5.50. The normalized spacial score (nSPS) is 11.3. The molecule has 130 valence electrons. The summed E-state index contributed by atoms with van der Waals surface area (Å²) < 4.78 is 45.3. The van der Waals surface area contributed by atoms with E-state index in [0.29, 0.717) is 10.6 Å². The van der Waals surface area contributed by atoms with Crippen LogP contribution in [0.5, 0.6) is 0 Å². The standard InChI is InChI=1S/C13H11ClF3N3O4/c14-9-4-2-1-3-8(9)10-19-24-12(22)20(10)6-5-18-11(21)23-7-13(15,16)17/h1-4H,5-7H2,(H,18,21). The molecule has 1 amide bonds. The van der Waals surface area contributed by atoms with E-state index >= 15 is 0 Å². The number of nitrogens with zero attached hydrogens (tertiary/aromatic N) is 2. The quantitative estimate of drug-likeness (QED) is 0.879. The average molecular weight is 366 g/mol. The Morgan fingerprint density at radius 3 is 2.75 bits per heavy atom. The first kappa shape index (κ1) is 17.9. The largest absolute Gasteiger partial charge is 0.441 e. The molecule has 0 saturated heterocycles. The summed E-state index contributed by atoms with van der Waals surface area (Å²) in [5, 5.41) is 6.03. The predicted octanol–water partition coefficient (Wildman–Crippen LogP) is 2.45. The summed E-state index contributed by atoms with van der Waals surface area (Å²) in [5.41, 5.74) is 0.435. The lowest BCUT2D eigenvalue weighted by Crippen LogP contribution is -2.32. The van der Waals surface area contributed by atoms with Crippen LogP contribution in [0.2, 0.25) is 5.02 Å². The van der Waals surface area contributed by atoms with Gasteiger partial charge in [0.15, 0.2) is 12.4 Å². The highest BCUT2D eigenvalue weighted by Gasteiger charge is 2.29. The first-order valence-corrected chi connectivity index (χ1v) is 6.94. The van der Waals surface area contributed by atoms with E-state index in [2.05, 4.69) is 19.7 Å². The van der Waals surface area contributed by atoms with Crippen LogP contribution in [0.4, 0.5) is 18.0 Å². The van der Waals surface area contributed by atoms with Crippen molar-refractivity contribution in [3.05, 3.63) is 39.8 Å². The Labute approximate surface area is 137 Å². The minimum atomic E-state index is -4.61. The van der Waals surface area contributed by atoms with Crippen molar-refractivity contribution in [3.8, 4) is 11.4 Å². The number of rotatable bonds is 5. The molecule has 1 N–H and O–H groups in total. The molecule has 0 aliphatic heterocycles. The number of benzene rings is 1. The first-order valence-electron chi connectivity index (χ1n) is 6.57. The number of aromatic nitrogens is 2. The topological polar surface area (TPSA) is 86.4 Å². The molecule has 0 atom stereocenters. The van der Waals surface area contributed by atoms with E-state index in [0.717, 1.165) is 4.57 Å². The summed E-state index contributed by atoms with van der Waals surface area (Å²) in [7, 11) is 0. The number of amides is 1. The number of hydrogen-bond donors (Lipinski definition) is 1. The van der Waals surface area contributed by atoms with Gasteiger partial charge in [-0.25, -0.2) is 9.59 Å². The van der Waals surface area contributed by atoms with Gasteiger partial charge in [-0.3, -0.25) is 9.09 Å². The third kappa shape index (κ3) is 4.75. The van der Waals surface area contributed by atoms with E-state index in [-0.39, 0.29) is 18.9 Å². The third-order valence-corrected chi connectivity index (χ3v) is 3.10. The van der Waals surface area contributed by atoms with Gasteiger partial charge in [-0.05, 0) is 12.1 Å². The lowest BCUT2D eigenvalue weighted by Gasteiger charge is -2.09. The fourth-order valence-electron chi connectivity index (χ4n) is 1.77. The lowest BCUT2D eigenvalue weighted by molar-refractivity contribution is -0.160. The molecule has 11 heteroatoms. The zero-order valence-electron chi connectivity index (χ0n) is 12.0. The molecule has 0 saturated carbocycles. The van der Waals surface area contributed by atoms with Gasteiger partial charge in [0.05, 0.1) is 5.02 Å².